The van der Waals surface area contributed by atoms with Crippen molar-refractivity contribution in [2.75, 3.05) is 132 Å². The van der Waals surface area contributed by atoms with Crippen molar-refractivity contribution in [2.45, 2.75) is 341 Å². The Kier molecular flexibility index (Phi) is 64.2. The number of amides is 8. The molecule has 3 aliphatic rings. The molecular weight excluding hydrogens is 1880 g/mol. The van der Waals surface area contributed by atoms with E-state index < -0.39 is 207 Å². The molecular formula is C93H152N10O39. The second kappa shape index (κ2) is 72.6. The molecule has 3 saturated heterocycles. The van der Waals surface area contributed by atoms with Gasteiger partial charge in [0.1, 0.15) is 73.4 Å². The van der Waals surface area contributed by atoms with Crippen LogP contribution in [0.3, 0.4) is 0 Å². The molecule has 3 fully saturated rings. The van der Waals surface area contributed by atoms with E-state index in [0.29, 0.717) is 90.1 Å². The molecule has 0 bridgehead atoms. The molecule has 3 heterocycles. The summed E-state index contributed by atoms with van der Waals surface area (Å²) in [6.07, 6.45) is -5.68. The van der Waals surface area contributed by atoms with Crippen LogP contribution in [0.5, 0.6) is 0 Å². The number of ether oxygens (including phenoxy) is 18. The van der Waals surface area contributed by atoms with Gasteiger partial charge in [-0.3, -0.25) is 95.9 Å². The summed E-state index contributed by atoms with van der Waals surface area (Å²) >= 11 is 0. The molecule has 808 valence electrons. The molecule has 3 aliphatic heterocycles. The molecule has 3 rings (SSSR count). The highest BCUT2D eigenvalue weighted by Gasteiger charge is 2.55. The maximum atomic E-state index is 14.1. The van der Waals surface area contributed by atoms with Crippen LogP contribution in [-0.2, 0) is 181 Å². The highest BCUT2D eigenvalue weighted by Crippen LogP contribution is 2.32. The normalized spacial score (nSPS) is 21.1. The van der Waals surface area contributed by atoms with Crippen molar-refractivity contribution in [3.8, 4) is 0 Å². The molecule has 8 amide bonds. The standard InChI is InChI=1S/C93H152N10O39/c1-58(104)100-81-87(137-67(10)113)84(134-64(7)110)72(52-131-61(4)107)140-90(81)128-44-24-21-30-70(116)50-94-38-27-40-97-76(119)35-47-125-55-93(103-79(122)33-19-17-15-13-14-16-18-20-34-80(123)124,57-127-49-37-78(121)99-43-29-42-96-75(118)32-23-26-46-130-92-83(102-60(3)106)89(139-69(12)115)86(136-66(9)112)74(142-92)54-133-63(6)109)56-126-48-36-77(120)98-41-28-39-95-51-71(117)31-22-25-45-129-91-82(101-59(2)105)88(138-68(11)114)85(135-65(8)111)73(141-91)53-132-62(5)108/h72-74,81-92,94-95H,13-57H2,1-12H3,(H,96,118)(H,97,119)(H,98,120)(H,99,121)(H,100,104)(H,101,105)(H,102,106)(H,103,122)(H,123,124)/t72?,73?,74?,81?,82?,83?,84-,85-,86-,87?,88?,89?,90-,91-,92-,93?/m1/s1. The van der Waals surface area contributed by atoms with Crippen LogP contribution in [0.15, 0.2) is 0 Å². The van der Waals surface area contributed by atoms with E-state index in [2.05, 4.69) is 53.2 Å². The molecule has 49 nitrogen and oxygen atoms in total. The van der Waals surface area contributed by atoms with E-state index in [-0.39, 0.29) is 179 Å². The first kappa shape index (κ1) is 126. The number of esters is 9. The van der Waals surface area contributed by atoms with Crippen LogP contribution in [-0.4, -0.2) is 353 Å². The van der Waals surface area contributed by atoms with E-state index in [0.717, 1.165) is 94.4 Å². The summed E-state index contributed by atoms with van der Waals surface area (Å²) in [5, 5.41) is 37.3. The first-order valence-corrected chi connectivity index (χ1v) is 48.4. The molecule has 0 spiro atoms. The number of carbonyl (C=O) groups excluding carboxylic acids is 19. The third-order valence-electron chi connectivity index (χ3n) is 21.4. The molecule has 0 aromatic carbocycles. The number of carbonyl (C=O) groups is 20. The van der Waals surface area contributed by atoms with Gasteiger partial charge >= 0.3 is 59.7 Å². The smallest absolute Gasteiger partial charge is 0.303 e. The van der Waals surface area contributed by atoms with E-state index in [4.69, 9.17) is 90.4 Å². The number of aliphatic carboxylic acids is 1. The Hall–Kier alpha value is -10.6. The second-order valence-corrected chi connectivity index (χ2v) is 34.5. The molecule has 49 heteroatoms. The average molecular weight is 2030 g/mol. The molecule has 0 aliphatic carbocycles. The van der Waals surface area contributed by atoms with Gasteiger partial charge in [-0.05, 0) is 83.7 Å². The van der Waals surface area contributed by atoms with E-state index >= 15 is 0 Å². The van der Waals surface area contributed by atoms with Gasteiger partial charge in [-0.15, -0.1) is 0 Å². The molecule has 0 aromatic rings. The fraction of sp³-hybridized carbons (Fsp3) is 0.785. The fourth-order valence-corrected chi connectivity index (χ4v) is 15.1. The lowest BCUT2D eigenvalue weighted by Gasteiger charge is -2.44. The van der Waals surface area contributed by atoms with Gasteiger partial charge in [0.2, 0.25) is 47.3 Å². The van der Waals surface area contributed by atoms with Gasteiger partial charge in [0.05, 0.1) is 52.7 Å². The Balaban J connectivity index is 1.65. The van der Waals surface area contributed by atoms with Gasteiger partial charge in [-0.25, -0.2) is 0 Å². The van der Waals surface area contributed by atoms with Crippen LogP contribution in [0.1, 0.15) is 244 Å². The predicted molar refractivity (Wildman–Crippen MR) is 494 cm³/mol. The SMILES string of the molecule is CC(=O)NC1C(OC(C)=O)[C@H](OC(C)=O)C(COC(C)=O)O[C@H]1OCCCCC(=O)CNCCCNC(=O)CCOCC(COCCC(=O)NCCCNCC(=O)CCCCO[C@@H]1OC(COC(C)=O)[C@@H](OC(C)=O)C(OC(C)=O)C1NC(C)=O)(COCCC(=O)NCCCNC(=O)CCCCO[C@@H]1OC(COC(C)=O)[C@@H](OC(C)=O)C(OC(C)=O)C1NC(C)=O)NC(=O)CCCCCCCCCCC(=O)O. The van der Waals surface area contributed by atoms with Crippen molar-refractivity contribution in [1.29, 1.82) is 0 Å². The van der Waals surface area contributed by atoms with Crippen LogP contribution in [0.25, 0.3) is 0 Å². The number of nitrogens with one attached hydrogen (secondary N) is 10. The third-order valence-corrected chi connectivity index (χ3v) is 21.4. The van der Waals surface area contributed by atoms with Crippen LogP contribution >= 0.6 is 0 Å². The predicted octanol–water partition coefficient (Wildman–Crippen LogP) is 0.529. The summed E-state index contributed by atoms with van der Waals surface area (Å²) in [6, 6.07) is -3.49. The lowest BCUT2D eigenvalue weighted by molar-refractivity contribution is -0.277. The Morgan fingerprint density at radius 2 is 0.535 bits per heavy atom. The van der Waals surface area contributed by atoms with Crippen LogP contribution in [0.4, 0.5) is 0 Å². The zero-order chi connectivity index (χ0) is 105. The zero-order valence-corrected chi connectivity index (χ0v) is 83.9. The van der Waals surface area contributed by atoms with Crippen LogP contribution < -0.4 is 53.2 Å². The molecule has 9 unspecified atom stereocenters. The van der Waals surface area contributed by atoms with Crippen molar-refractivity contribution in [3.05, 3.63) is 0 Å². The van der Waals surface area contributed by atoms with Gasteiger partial charge in [0, 0.05) is 180 Å². The van der Waals surface area contributed by atoms with Crippen molar-refractivity contribution in [3.63, 3.8) is 0 Å². The highest BCUT2D eigenvalue weighted by atomic mass is 16.7. The lowest BCUT2D eigenvalue weighted by atomic mass is 9.96. The van der Waals surface area contributed by atoms with Gasteiger partial charge in [-0.2, -0.15) is 0 Å². The lowest BCUT2D eigenvalue weighted by Crippen LogP contribution is -2.66. The van der Waals surface area contributed by atoms with Crippen molar-refractivity contribution < 1.29 is 186 Å². The summed E-state index contributed by atoms with van der Waals surface area (Å²) in [5.41, 5.74) is -1.46. The third kappa shape index (κ3) is 57.6. The molecule has 0 aromatic heterocycles. The number of carboxylic acids is 1. The number of rotatable bonds is 76. The molecule has 15 atom stereocenters. The number of hydrogen-bond donors (Lipinski definition) is 11. The summed E-state index contributed by atoms with van der Waals surface area (Å²) in [6.45, 7) is 12.8. The molecule has 11 N–H and O–H groups in total. The molecule has 0 saturated carbocycles. The minimum absolute atomic E-state index is 0.0107. The van der Waals surface area contributed by atoms with Crippen LogP contribution in [0, 0.1) is 0 Å². The number of Topliss-reactive ketones (excluding diaryl/α,β-unsaturated/α-hetero) is 2. The summed E-state index contributed by atoms with van der Waals surface area (Å²) in [4.78, 5) is 249. The zero-order valence-electron chi connectivity index (χ0n) is 83.9. The Bertz CT molecular complexity index is 3810. The monoisotopic (exact) mass is 2030 g/mol. The van der Waals surface area contributed by atoms with Gasteiger partial charge in [-0.1, -0.05) is 38.5 Å². The number of unbranched alkanes of at least 4 members (excludes halogenated alkanes) is 10. The van der Waals surface area contributed by atoms with Crippen LogP contribution in [0.2, 0.25) is 0 Å². The van der Waals surface area contributed by atoms with E-state index in [9.17, 15) is 95.9 Å². The summed E-state index contributed by atoms with van der Waals surface area (Å²) < 4.78 is 103. The highest BCUT2D eigenvalue weighted by molar-refractivity contribution is 5.82. The number of ketones is 2. The van der Waals surface area contributed by atoms with E-state index in [1.54, 1.807) is 0 Å². The largest absolute Gasteiger partial charge is 0.481 e. The quantitative estimate of drug-likeness (QED) is 0.0225. The topological polar surface area (TPSA) is 648 Å². The van der Waals surface area contributed by atoms with Gasteiger partial charge in [0.15, 0.2) is 55.5 Å². The minimum Gasteiger partial charge on any atom is -0.481 e. The first-order chi connectivity index (χ1) is 67.6. The summed E-state index contributed by atoms with van der Waals surface area (Å²) in [5.74, 6) is -11.2. The Morgan fingerprint density at radius 3 is 0.824 bits per heavy atom. The Labute approximate surface area is 827 Å². The van der Waals surface area contributed by atoms with Crippen molar-refractivity contribution in [1.82, 2.24) is 53.2 Å². The molecule has 142 heavy (non-hydrogen) atoms. The van der Waals surface area contributed by atoms with Crippen molar-refractivity contribution in [2.24, 2.45) is 0 Å². The van der Waals surface area contributed by atoms with Crippen molar-refractivity contribution >= 4 is 119 Å². The maximum Gasteiger partial charge on any atom is 0.303 e. The summed E-state index contributed by atoms with van der Waals surface area (Å²) in [7, 11) is 0. The average Bonchev–Trinajstić information content (AvgIpc) is 0.793. The van der Waals surface area contributed by atoms with Gasteiger partial charge < -0.3 is 144 Å². The maximum absolute atomic E-state index is 14.1. The fourth-order valence-electron chi connectivity index (χ4n) is 15.1. The molecule has 0 radical (unpaired) electrons. The number of hydrogen-bond acceptors (Lipinski definition) is 40. The minimum atomic E-state index is -1.46. The van der Waals surface area contributed by atoms with E-state index in [1.165, 1.54) is 20.8 Å². The Morgan fingerprint density at radius 1 is 0.275 bits per heavy atom. The number of carboxylic acid groups (broad SMARTS) is 1. The first-order valence-electron chi connectivity index (χ1n) is 48.4. The van der Waals surface area contributed by atoms with E-state index in [1.807, 2.05) is 0 Å². The second-order valence-electron chi connectivity index (χ2n) is 34.5. The van der Waals surface area contributed by atoms with Gasteiger partial charge in [0.25, 0.3) is 0 Å².